The van der Waals surface area contributed by atoms with Crippen LogP contribution in [0.25, 0.3) is 0 Å². The maximum Gasteiger partial charge on any atom is 0.337 e. The van der Waals surface area contributed by atoms with Gasteiger partial charge in [-0.1, -0.05) is 74.9 Å². The fourth-order valence-corrected chi connectivity index (χ4v) is 0.561. The van der Waals surface area contributed by atoms with Gasteiger partial charge in [0.2, 0.25) is 0 Å². The standard InChI is InChI=1S/C6H8O2.C6H6.C4H6/c1-4-8-6(7)5(2)3;1-2-4-6-5-3-1;1-3-4-2/h4H,1-2H2,3H3;1-6H;3-4H,1-2H2. The molecule has 2 heteroatoms. The van der Waals surface area contributed by atoms with Gasteiger partial charge in [-0.25, -0.2) is 4.79 Å². The van der Waals surface area contributed by atoms with Gasteiger partial charge in [0.25, 0.3) is 0 Å². The average molecular weight is 244 g/mol. The first-order chi connectivity index (χ1) is 8.59. The molecule has 0 N–H and O–H groups in total. The molecule has 0 saturated heterocycles. The normalized spacial score (nSPS) is 7.17. The maximum atomic E-state index is 10.3. The van der Waals surface area contributed by atoms with Crippen molar-refractivity contribution in [3.8, 4) is 0 Å². The van der Waals surface area contributed by atoms with Crippen molar-refractivity contribution in [2.45, 2.75) is 6.92 Å². The molecule has 0 aliphatic heterocycles. The van der Waals surface area contributed by atoms with Crippen LogP contribution in [0.15, 0.2) is 86.7 Å². The smallest absolute Gasteiger partial charge is 0.337 e. The molecule has 0 aliphatic rings. The summed E-state index contributed by atoms with van der Waals surface area (Å²) in [6.07, 6.45) is 4.36. The first kappa shape index (κ1) is 18.0. The summed E-state index contributed by atoms with van der Waals surface area (Å²) in [5, 5.41) is 0. The fourth-order valence-electron chi connectivity index (χ4n) is 0.561. The zero-order valence-electron chi connectivity index (χ0n) is 10.8. The van der Waals surface area contributed by atoms with Crippen LogP contribution in [0.3, 0.4) is 0 Å². The molecule has 1 aromatic carbocycles. The van der Waals surface area contributed by atoms with Gasteiger partial charge in [0.15, 0.2) is 0 Å². The van der Waals surface area contributed by atoms with E-state index in [4.69, 9.17) is 0 Å². The zero-order chi connectivity index (χ0) is 14.2. The average Bonchev–Trinajstić information content (AvgIpc) is 2.42. The van der Waals surface area contributed by atoms with Crippen LogP contribution in [0.4, 0.5) is 0 Å². The highest BCUT2D eigenvalue weighted by Gasteiger charge is 1.97. The molecule has 1 aromatic rings. The number of rotatable bonds is 3. The van der Waals surface area contributed by atoms with Crippen LogP contribution in [0, 0.1) is 0 Å². The monoisotopic (exact) mass is 244 g/mol. The molecule has 0 atom stereocenters. The fraction of sp³-hybridized carbons (Fsp3) is 0.0625. The Labute approximate surface area is 110 Å². The van der Waals surface area contributed by atoms with Crippen LogP contribution in [-0.2, 0) is 9.53 Å². The molecular formula is C16H20O2. The minimum Gasteiger partial charge on any atom is -0.432 e. The molecule has 0 amide bonds. The van der Waals surface area contributed by atoms with Gasteiger partial charge < -0.3 is 4.74 Å². The van der Waals surface area contributed by atoms with E-state index in [-0.39, 0.29) is 0 Å². The Kier molecular flexibility index (Phi) is 14.7. The van der Waals surface area contributed by atoms with Crippen LogP contribution in [0.5, 0.6) is 0 Å². The van der Waals surface area contributed by atoms with Gasteiger partial charge in [-0.15, -0.1) is 0 Å². The second-order valence-corrected chi connectivity index (χ2v) is 2.98. The number of carbonyl (C=O) groups is 1. The Balaban J connectivity index is 0. The molecule has 0 heterocycles. The Morgan fingerprint density at radius 3 is 1.39 bits per heavy atom. The minimum atomic E-state index is -0.431. The lowest BCUT2D eigenvalue weighted by molar-refractivity contribution is -0.133. The maximum absolute atomic E-state index is 10.3. The third-order valence-electron chi connectivity index (χ3n) is 1.37. The topological polar surface area (TPSA) is 26.3 Å². The first-order valence-electron chi connectivity index (χ1n) is 5.31. The van der Waals surface area contributed by atoms with Crippen molar-refractivity contribution in [2.24, 2.45) is 0 Å². The van der Waals surface area contributed by atoms with Crippen LogP contribution in [-0.4, -0.2) is 5.97 Å². The van der Waals surface area contributed by atoms with Gasteiger partial charge in [-0.05, 0) is 6.92 Å². The van der Waals surface area contributed by atoms with Crippen molar-refractivity contribution in [1.82, 2.24) is 0 Å². The highest BCUT2D eigenvalue weighted by Crippen LogP contribution is 1.90. The molecular weight excluding hydrogens is 224 g/mol. The van der Waals surface area contributed by atoms with E-state index in [1.165, 1.54) is 0 Å². The molecule has 0 aliphatic carbocycles. The number of hydrogen-bond acceptors (Lipinski definition) is 2. The van der Waals surface area contributed by atoms with E-state index in [0.29, 0.717) is 5.57 Å². The molecule has 0 radical (unpaired) electrons. The van der Waals surface area contributed by atoms with Crippen molar-refractivity contribution in [3.05, 3.63) is 86.7 Å². The first-order valence-corrected chi connectivity index (χ1v) is 5.31. The van der Waals surface area contributed by atoms with Crippen molar-refractivity contribution < 1.29 is 9.53 Å². The molecule has 1 rings (SSSR count). The van der Waals surface area contributed by atoms with E-state index in [0.717, 1.165) is 6.26 Å². The van der Waals surface area contributed by atoms with Crippen LogP contribution in [0.1, 0.15) is 6.92 Å². The van der Waals surface area contributed by atoms with Crippen molar-refractivity contribution in [2.75, 3.05) is 0 Å². The number of esters is 1. The number of ether oxygens (including phenoxy) is 1. The molecule has 96 valence electrons. The van der Waals surface area contributed by atoms with Crippen molar-refractivity contribution in [3.63, 3.8) is 0 Å². The Hall–Kier alpha value is -2.35. The van der Waals surface area contributed by atoms with Crippen LogP contribution < -0.4 is 0 Å². The molecule has 0 spiro atoms. The minimum absolute atomic E-state index is 0.380. The number of carbonyl (C=O) groups excluding carboxylic acids is 1. The second-order valence-electron chi connectivity index (χ2n) is 2.98. The summed E-state index contributed by atoms with van der Waals surface area (Å²) in [7, 11) is 0. The summed E-state index contributed by atoms with van der Waals surface area (Å²) in [6, 6.07) is 12.0. The van der Waals surface area contributed by atoms with Gasteiger partial charge in [-0.3, -0.25) is 0 Å². The summed E-state index contributed by atoms with van der Waals surface area (Å²) < 4.78 is 4.33. The highest BCUT2D eigenvalue weighted by molar-refractivity contribution is 5.87. The van der Waals surface area contributed by atoms with Gasteiger partial charge in [0.05, 0.1) is 6.26 Å². The third kappa shape index (κ3) is 16.1. The molecule has 0 aromatic heterocycles. The molecule has 0 fully saturated rings. The van der Waals surface area contributed by atoms with Crippen LogP contribution in [0.2, 0.25) is 0 Å². The summed E-state index contributed by atoms with van der Waals surface area (Å²) in [6.45, 7) is 14.8. The van der Waals surface area contributed by atoms with Gasteiger partial charge in [0, 0.05) is 5.57 Å². The number of allylic oxidation sites excluding steroid dienone is 2. The Morgan fingerprint density at radius 1 is 0.944 bits per heavy atom. The van der Waals surface area contributed by atoms with E-state index < -0.39 is 5.97 Å². The summed E-state index contributed by atoms with van der Waals surface area (Å²) >= 11 is 0. The largest absolute Gasteiger partial charge is 0.432 e. The van der Waals surface area contributed by atoms with Crippen LogP contribution >= 0.6 is 0 Å². The van der Waals surface area contributed by atoms with Gasteiger partial charge in [-0.2, -0.15) is 0 Å². The zero-order valence-corrected chi connectivity index (χ0v) is 10.8. The molecule has 0 unspecified atom stereocenters. The van der Waals surface area contributed by atoms with Crippen molar-refractivity contribution in [1.29, 1.82) is 0 Å². The van der Waals surface area contributed by atoms with Gasteiger partial charge in [0.1, 0.15) is 0 Å². The molecule has 18 heavy (non-hydrogen) atoms. The second kappa shape index (κ2) is 14.6. The highest BCUT2D eigenvalue weighted by atomic mass is 16.5. The Bertz CT molecular complexity index is 331. The number of benzene rings is 1. The Morgan fingerprint density at radius 2 is 1.28 bits per heavy atom. The third-order valence-corrected chi connectivity index (χ3v) is 1.37. The van der Waals surface area contributed by atoms with E-state index in [1.807, 2.05) is 36.4 Å². The lowest BCUT2D eigenvalue weighted by atomic mass is 10.4. The van der Waals surface area contributed by atoms with E-state index in [9.17, 15) is 4.79 Å². The van der Waals surface area contributed by atoms with E-state index >= 15 is 0 Å². The molecule has 0 bridgehead atoms. The summed E-state index contributed by atoms with van der Waals surface area (Å²) in [5.41, 5.74) is 0.380. The SMILES string of the molecule is C=CC=C.C=COC(=O)C(=C)C.c1ccccc1. The van der Waals surface area contributed by atoms with Gasteiger partial charge >= 0.3 is 5.97 Å². The quantitative estimate of drug-likeness (QED) is 0.343. The lowest BCUT2D eigenvalue weighted by Gasteiger charge is -1.92. The lowest BCUT2D eigenvalue weighted by Crippen LogP contribution is -1.98. The molecule has 0 saturated carbocycles. The van der Waals surface area contributed by atoms with E-state index in [1.54, 1.807) is 19.1 Å². The molecule has 2 nitrogen and oxygen atoms in total. The summed E-state index contributed by atoms with van der Waals surface area (Å²) in [5.74, 6) is -0.431. The predicted octanol–water partition coefficient (Wildman–Crippen LogP) is 4.29. The summed E-state index contributed by atoms with van der Waals surface area (Å²) in [4.78, 5) is 10.3. The predicted molar refractivity (Wildman–Crippen MR) is 77.9 cm³/mol. The number of hydrogen-bond donors (Lipinski definition) is 0. The van der Waals surface area contributed by atoms with Crippen molar-refractivity contribution >= 4 is 5.97 Å². The van der Waals surface area contributed by atoms with E-state index in [2.05, 4.69) is 31.1 Å².